The number of ether oxygens (including phenoxy) is 1. The molecule has 0 fully saturated rings. The summed E-state index contributed by atoms with van der Waals surface area (Å²) in [6.07, 6.45) is 2.82. The first-order chi connectivity index (χ1) is 8.61. The summed E-state index contributed by atoms with van der Waals surface area (Å²) in [7, 11) is 0. The van der Waals surface area contributed by atoms with Crippen molar-refractivity contribution >= 4 is 38.9 Å². The van der Waals surface area contributed by atoms with Gasteiger partial charge in [-0.1, -0.05) is 15.9 Å². The highest BCUT2D eigenvalue weighted by atomic mass is 79.9. The molecule has 0 radical (unpaired) electrons. The van der Waals surface area contributed by atoms with E-state index in [-0.39, 0.29) is 6.61 Å². The van der Waals surface area contributed by atoms with Crippen LogP contribution in [0.4, 0.5) is 4.39 Å². The monoisotopic (exact) mass is 311 g/mol. The van der Waals surface area contributed by atoms with Crippen LogP contribution >= 0.6 is 15.9 Å². The van der Waals surface area contributed by atoms with Crippen molar-refractivity contribution in [1.82, 2.24) is 4.98 Å². The molecule has 0 aliphatic heterocycles. The SMILES string of the molecule is CCOC(=O)C(F)=Cc1c[nH]c2ccc(Br)cc12. The standard InChI is InChI=1S/C13H11BrFNO2/c1-2-18-13(17)11(15)5-8-7-16-12-4-3-9(14)6-10(8)12/h3-7,16H,2H2,1H3. The number of carbonyl (C=O) groups excluding carboxylic acids is 1. The van der Waals surface area contributed by atoms with E-state index in [0.29, 0.717) is 5.56 Å². The molecule has 0 bridgehead atoms. The van der Waals surface area contributed by atoms with Crippen LogP contribution in [0.2, 0.25) is 0 Å². The van der Waals surface area contributed by atoms with Crippen LogP contribution in [-0.2, 0) is 9.53 Å². The zero-order valence-corrected chi connectivity index (χ0v) is 11.3. The van der Waals surface area contributed by atoms with Crippen LogP contribution in [0.25, 0.3) is 17.0 Å². The number of benzene rings is 1. The van der Waals surface area contributed by atoms with Gasteiger partial charge < -0.3 is 9.72 Å². The molecule has 0 amide bonds. The predicted molar refractivity (Wildman–Crippen MR) is 71.7 cm³/mol. The predicted octanol–water partition coefficient (Wildman–Crippen LogP) is 3.80. The molecule has 18 heavy (non-hydrogen) atoms. The number of aromatic nitrogens is 1. The van der Waals surface area contributed by atoms with E-state index in [1.165, 1.54) is 6.08 Å². The Balaban J connectivity index is 2.39. The number of esters is 1. The largest absolute Gasteiger partial charge is 0.461 e. The topological polar surface area (TPSA) is 42.1 Å². The number of hydrogen-bond acceptors (Lipinski definition) is 2. The van der Waals surface area contributed by atoms with Crippen molar-refractivity contribution in [3.05, 3.63) is 40.3 Å². The van der Waals surface area contributed by atoms with Crippen LogP contribution in [0.5, 0.6) is 0 Å². The molecular weight excluding hydrogens is 301 g/mol. The molecule has 0 aliphatic rings. The summed E-state index contributed by atoms with van der Waals surface area (Å²) < 4.78 is 19.0. The van der Waals surface area contributed by atoms with Gasteiger partial charge in [0.2, 0.25) is 5.83 Å². The Morgan fingerprint density at radius 2 is 2.33 bits per heavy atom. The highest BCUT2D eigenvalue weighted by molar-refractivity contribution is 9.10. The van der Waals surface area contributed by atoms with E-state index >= 15 is 0 Å². The Bertz CT molecular complexity index is 618. The molecule has 1 N–H and O–H groups in total. The second-order valence-corrected chi connectivity index (χ2v) is 4.56. The molecule has 0 unspecified atom stereocenters. The quantitative estimate of drug-likeness (QED) is 0.692. The number of nitrogens with one attached hydrogen (secondary N) is 1. The van der Waals surface area contributed by atoms with Gasteiger partial charge in [-0.2, -0.15) is 4.39 Å². The summed E-state index contributed by atoms with van der Waals surface area (Å²) in [5, 5.41) is 0.837. The Hall–Kier alpha value is -1.62. The normalized spacial score (nSPS) is 11.8. The Labute approximate surface area is 112 Å². The maximum absolute atomic E-state index is 13.5. The molecule has 0 spiro atoms. The lowest BCUT2D eigenvalue weighted by Crippen LogP contribution is -2.03. The summed E-state index contributed by atoms with van der Waals surface area (Å²) in [6.45, 7) is 1.79. The number of rotatable bonds is 3. The fraction of sp³-hybridized carbons (Fsp3) is 0.154. The van der Waals surface area contributed by atoms with Crippen molar-refractivity contribution in [3.8, 4) is 0 Å². The second kappa shape index (κ2) is 5.35. The summed E-state index contributed by atoms with van der Waals surface area (Å²) in [5.74, 6) is -1.85. The molecule has 0 atom stereocenters. The number of halogens is 2. The maximum Gasteiger partial charge on any atom is 0.367 e. The molecule has 0 saturated carbocycles. The summed E-state index contributed by atoms with van der Waals surface area (Å²) in [4.78, 5) is 14.2. The molecule has 1 heterocycles. The van der Waals surface area contributed by atoms with Crippen LogP contribution < -0.4 is 0 Å². The third-order valence-corrected chi connectivity index (χ3v) is 2.92. The van der Waals surface area contributed by atoms with Crippen molar-refractivity contribution in [2.75, 3.05) is 6.61 Å². The number of aromatic amines is 1. The first kappa shape index (κ1) is 12.8. The number of fused-ring (bicyclic) bond motifs is 1. The first-order valence-corrected chi connectivity index (χ1v) is 6.22. The first-order valence-electron chi connectivity index (χ1n) is 5.42. The lowest BCUT2D eigenvalue weighted by molar-refractivity contribution is -0.140. The highest BCUT2D eigenvalue weighted by Gasteiger charge is 2.11. The van der Waals surface area contributed by atoms with Gasteiger partial charge in [0.25, 0.3) is 0 Å². The van der Waals surface area contributed by atoms with Crippen LogP contribution in [0.15, 0.2) is 34.7 Å². The van der Waals surface area contributed by atoms with Crippen molar-refractivity contribution < 1.29 is 13.9 Å². The van der Waals surface area contributed by atoms with Gasteiger partial charge in [-0.3, -0.25) is 0 Å². The third kappa shape index (κ3) is 2.61. The van der Waals surface area contributed by atoms with E-state index < -0.39 is 11.8 Å². The molecule has 5 heteroatoms. The molecule has 0 saturated heterocycles. The highest BCUT2D eigenvalue weighted by Crippen LogP contribution is 2.24. The molecule has 3 nitrogen and oxygen atoms in total. The van der Waals surface area contributed by atoms with Gasteiger partial charge in [-0.25, -0.2) is 4.79 Å². The van der Waals surface area contributed by atoms with Crippen LogP contribution in [0.3, 0.4) is 0 Å². The fourth-order valence-corrected chi connectivity index (χ4v) is 1.99. The number of H-pyrrole nitrogens is 1. The van der Waals surface area contributed by atoms with Gasteiger partial charge in [0.1, 0.15) is 0 Å². The van der Waals surface area contributed by atoms with E-state index in [0.717, 1.165) is 15.4 Å². The Morgan fingerprint density at radius 3 is 3.06 bits per heavy atom. The van der Waals surface area contributed by atoms with Gasteiger partial charge in [0.05, 0.1) is 6.61 Å². The van der Waals surface area contributed by atoms with Gasteiger partial charge in [0.15, 0.2) is 0 Å². The molecule has 1 aromatic heterocycles. The van der Waals surface area contributed by atoms with E-state index in [1.54, 1.807) is 13.1 Å². The summed E-state index contributed by atoms with van der Waals surface area (Å²) in [5.41, 5.74) is 1.48. The lowest BCUT2D eigenvalue weighted by Gasteiger charge is -1.98. The minimum atomic E-state index is -0.943. The van der Waals surface area contributed by atoms with E-state index in [1.807, 2.05) is 18.2 Å². The van der Waals surface area contributed by atoms with Crippen molar-refractivity contribution in [2.45, 2.75) is 6.92 Å². The Morgan fingerprint density at radius 1 is 1.56 bits per heavy atom. The Kier molecular flexibility index (Phi) is 3.81. The van der Waals surface area contributed by atoms with Crippen LogP contribution in [-0.4, -0.2) is 17.6 Å². The minimum Gasteiger partial charge on any atom is -0.461 e. The zero-order valence-electron chi connectivity index (χ0n) is 9.67. The fourth-order valence-electron chi connectivity index (χ4n) is 1.63. The van der Waals surface area contributed by atoms with Crippen molar-refractivity contribution in [2.24, 2.45) is 0 Å². The van der Waals surface area contributed by atoms with Crippen LogP contribution in [0.1, 0.15) is 12.5 Å². The third-order valence-electron chi connectivity index (χ3n) is 2.43. The van der Waals surface area contributed by atoms with Gasteiger partial charge in [-0.15, -0.1) is 0 Å². The van der Waals surface area contributed by atoms with Crippen molar-refractivity contribution in [1.29, 1.82) is 0 Å². The van der Waals surface area contributed by atoms with E-state index in [9.17, 15) is 9.18 Å². The smallest absolute Gasteiger partial charge is 0.367 e. The molecular formula is C13H11BrFNO2. The molecule has 2 aromatic rings. The van der Waals surface area contributed by atoms with E-state index in [4.69, 9.17) is 0 Å². The molecule has 94 valence electrons. The summed E-state index contributed by atoms with van der Waals surface area (Å²) >= 11 is 3.35. The second-order valence-electron chi connectivity index (χ2n) is 3.65. The van der Waals surface area contributed by atoms with Crippen LogP contribution in [0, 0.1) is 0 Å². The van der Waals surface area contributed by atoms with Crippen molar-refractivity contribution in [3.63, 3.8) is 0 Å². The van der Waals surface area contributed by atoms with Gasteiger partial charge in [0, 0.05) is 27.1 Å². The summed E-state index contributed by atoms with van der Waals surface area (Å²) in [6, 6.07) is 5.61. The minimum absolute atomic E-state index is 0.152. The molecule has 2 rings (SSSR count). The maximum atomic E-state index is 13.5. The lowest BCUT2D eigenvalue weighted by atomic mass is 10.1. The average molecular weight is 312 g/mol. The van der Waals surface area contributed by atoms with Gasteiger partial charge in [-0.05, 0) is 31.2 Å². The zero-order chi connectivity index (χ0) is 13.1. The molecule has 0 aliphatic carbocycles. The molecule has 1 aromatic carbocycles. The number of hydrogen-bond donors (Lipinski definition) is 1. The average Bonchev–Trinajstić information content (AvgIpc) is 2.72. The number of carbonyl (C=O) groups is 1. The van der Waals surface area contributed by atoms with Gasteiger partial charge >= 0.3 is 5.97 Å². The van der Waals surface area contributed by atoms with E-state index in [2.05, 4.69) is 25.7 Å².